The molecule has 1 heterocycles. The fourth-order valence-electron chi connectivity index (χ4n) is 4.09. The van der Waals surface area contributed by atoms with Gasteiger partial charge in [0.1, 0.15) is 0 Å². The molecule has 1 aromatic rings. The molecule has 0 amide bonds. The van der Waals surface area contributed by atoms with Gasteiger partial charge in [-0.25, -0.2) is 0 Å². The zero-order valence-electron chi connectivity index (χ0n) is 11.2. The van der Waals surface area contributed by atoms with Crippen LogP contribution in [0, 0.1) is 5.92 Å². The Morgan fingerprint density at radius 3 is 2.47 bits per heavy atom. The molecule has 19 heavy (non-hydrogen) atoms. The van der Waals surface area contributed by atoms with Crippen molar-refractivity contribution in [1.29, 1.82) is 0 Å². The molecule has 0 spiro atoms. The molecule has 2 bridgehead atoms. The van der Waals surface area contributed by atoms with Gasteiger partial charge in [-0.3, -0.25) is 0 Å². The van der Waals surface area contributed by atoms with Gasteiger partial charge in [0.05, 0.1) is 0 Å². The van der Waals surface area contributed by atoms with Gasteiger partial charge in [-0.2, -0.15) is 0 Å². The van der Waals surface area contributed by atoms with Crippen LogP contribution >= 0.6 is 0 Å². The van der Waals surface area contributed by atoms with E-state index in [1.54, 1.807) is 0 Å². The summed E-state index contributed by atoms with van der Waals surface area (Å²) in [5, 5.41) is 1.52. The van der Waals surface area contributed by atoms with E-state index < -0.39 is 8.56 Å². The van der Waals surface area contributed by atoms with Crippen molar-refractivity contribution >= 4 is 13.7 Å². The summed E-state index contributed by atoms with van der Waals surface area (Å²) in [4.78, 5) is 0. The Bertz CT molecular complexity index is 493. The van der Waals surface area contributed by atoms with Crippen LogP contribution in [0.4, 0.5) is 0 Å². The molecule has 4 rings (SSSR count). The molecule has 1 aliphatic heterocycles. The first-order valence-corrected chi connectivity index (χ1v) is 9.19. The number of rotatable bonds is 2. The predicted molar refractivity (Wildman–Crippen MR) is 77.5 cm³/mol. The minimum atomic E-state index is -2.32. The lowest BCUT2D eigenvalue weighted by Gasteiger charge is -2.45. The topological polar surface area (TPSA) is 18.5 Å². The summed E-state index contributed by atoms with van der Waals surface area (Å²) in [5.41, 5.74) is 0. The van der Waals surface area contributed by atoms with Gasteiger partial charge in [0.15, 0.2) is 0 Å². The highest BCUT2D eigenvalue weighted by molar-refractivity contribution is 6.84. The summed E-state index contributed by atoms with van der Waals surface area (Å²) in [6, 6.07) is 10.7. The van der Waals surface area contributed by atoms with E-state index in [4.69, 9.17) is 8.85 Å². The molecule has 2 nitrogen and oxygen atoms in total. The number of hydrogen-bond acceptors (Lipinski definition) is 2. The van der Waals surface area contributed by atoms with E-state index >= 15 is 0 Å². The van der Waals surface area contributed by atoms with Crippen molar-refractivity contribution < 1.29 is 8.85 Å². The standard InChI is InChI=1S/C16H20O2Si/c1-2-5-15(6-3-1)19(17-11-4-12-18-19)16-9-7-14(13-16)8-10-16/h1-3,5-7,9,14H,4,8,10-13H2. The second-order valence-electron chi connectivity index (χ2n) is 6.05. The quantitative estimate of drug-likeness (QED) is 0.609. The second kappa shape index (κ2) is 4.30. The Labute approximate surface area is 115 Å². The van der Waals surface area contributed by atoms with E-state index in [0.717, 1.165) is 25.6 Å². The highest BCUT2D eigenvalue weighted by Gasteiger charge is 2.62. The lowest BCUT2D eigenvalue weighted by molar-refractivity contribution is 0.103. The predicted octanol–water partition coefficient (Wildman–Crippen LogP) is 2.88. The molecule has 2 fully saturated rings. The Morgan fingerprint density at radius 2 is 1.89 bits per heavy atom. The molecule has 1 saturated carbocycles. The van der Waals surface area contributed by atoms with Gasteiger partial charge in [0, 0.05) is 18.3 Å². The maximum absolute atomic E-state index is 6.42. The molecule has 3 aliphatic rings. The van der Waals surface area contributed by atoms with Gasteiger partial charge in [-0.05, 0) is 36.8 Å². The van der Waals surface area contributed by atoms with Crippen LogP contribution in [-0.4, -0.2) is 21.8 Å². The normalized spacial score (nSPS) is 35.7. The molecule has 1 saturated heterocycles. The minimum Gasteiger partial charge on any atom is -0.390 e. The molecule has 2 aliphatic carbocycles. The first kappa shape index (κ1) is 11.9. The molecular weight excluding hydrogens is 252 g/mol. The molecule has 2 unspecified atom stereocenters. The van der Waals surface area contributed by atoms with Gasteiger partial charge in [0.2, 0.25) is 0 Å². The number of benzene rings is 1. The van der Waals surface area contributed by atoms with Crippen LogP contribution in [0.15, 0.2) is 42.5 Å². The van der Waals surface area contributed by atoms with E-state index in [2.05, 4.69) is 42.5 Å². The molecule has 1 aromatic carbocycles. The van der Waals surface area contributed by atoms with Crippen LogP contribution in [0.2, 0.25) is 5.04 Å². The average molecular weight is 272 g/mol. The fraction of sp³-hybridized carbons (Fsp3) is 0.500. The van der Waals surface area contributed by atoms with Crippen molar-refractivity contribution in [2.45, 2.75) is 30.7 Å². The summed E-state index contributed by atoms with van der Waals surface area (Å²) in [6.45, 7) is 1.72. The molecule has 3 heteroatoms. The van der Waals surface area contributed by atoms with Crippen LogP contribution in [0.25, 0.3) is 0 Å². The van der Waals surface area contributed by atoms with E-state index in [1.807, 2.05) is 0 Å². The fourth-order valence-corrected chi connectivity index (χ4v) is 8.47. The van der Waals surface area contributed by atoms with Crippen LogP contribution in [0.5, 0.6) is 0 Å². The third-order valence-corrected chi connectivity index (χ3v) is 9.23. The smallest absolute Gasteiger partial charge is 0.382 e. The van der Waals surface area contributed by atoms with Crippen molar-refractivity contribution in [1.82, 2.24) is 0 Å². The average Bonchev–Trinajstić information content (AvgIpc) is 3.11. The zero-order chi connectivity index (χ0) is 12.8. The number of fused-ring (bicyclic) bond motifs is 2. The maximum atomic E-state index is 6.42. The number of allylic oxidation sites excluding steroid dienone is 2. The summed E-state index contributed by atoms with van der Waals surface area (Å²) >= 11 is 0. The summed E-state index contributed by atoms with van der Waals surface area (Å²) in [6.07, 6.45) is 9.67. The molecule has 100 valence electrons. The van der Waals surface area contributed by atoms with E-state index in [-0.39, 0.29) is 5.04 Å². The largest absolute Gasteiger partial charge is 0.390 e. The second-order valence-corrected chi connectivity index (χ2v) is 9.43. The first-order valence-electron chi connectivity index (χ1n) is 7.38. The van der Waals surface area contributed by atoms with E-state index in [9.17, 15) is 0 Å². The Balaban J connectivity index is 1.83. The van der Waals surface area contributed by atoms with Crippen LogP contribution in [0.3, 0.4) is 0 Å². The summed E-state index contributed by atoms with van der Waals surface area (Å²) < 4.78 is 12.8. The Morgan fingerprint density at radius 1 is 1.11 bits per heavy atom. The minimum absolute atomic E-state index is 0.194. The van der Waals surface area contributed by atoms with Gasteiger partial charge in [0.25, 0.3) is 0 Å². The molecule has 0 N–H and O–H groups in total. The molecule has 2 atom stereocenters. The zero-order valence-corrected chi connectivity index (χ0v) is 12.2. The third-order valence-electron chi connectivity index (χ3n) is 4.98. The monoisotopic (exact) mass is 272 g/mol. The van der Waals surface area contributed by atoms with Crippen LogP contribution < -0.4 is 5.19 Å². The Kier molecular flexibility index (Phi) is 2.69. The van der Waals surface area contributed by atoms with E-state index in [1.165, 1.54) is 24.4 Å². The first-order chi connectivity index (χ1) is 9.35. The summed E-state index contributed by atoms with van der Waals surface area (Å²) in [5.74, 6) is 0.766. The van der Waals surface area contributed by atoms with Gasteiger partial charge in [-0.15, -0.1) is 0 Å². The van der Waals surface area contributed by atoms with Gasteiger partial charge in [-0.1, -0.05) is 42.5 Å². The Hall–Kier alpha value is -0.903. The van der Waals surface area contributed by atoms with Gasteiger partial charge >= 0.3 is 8.56 Å². The summed E-state index contributed by atoms with van der Waals surface area (Å²) in [7, 11) is -2.32. The van der Waals surface area contributed by atoms with Gasteiger partial charge < -0.3 is 8.85 Å². The number of hydrogen-bond donors (Lipinski definition) is 0. The molecular formula is C16H20O2Si. The molecule has 0 aromatic heterocycles. The lowest BCUT2D eigenvalue weighted by Crippen LogP contribution is -2.63. The van der Waals surface area contributed by atoms with Crippen LogP contribution in [0.1, 0.15) is 25.7 Å². The molecule has 0 radical (unpaired) electrons. The van der Waals surface area contributed by atoms with Crippen molar-refractivity contribution in [2.75, 3.05) is 13.2 Å². The van der Waals surface area contributed by atoms with E-state index in [0.29, 0.717) is 0 Å². The maximum Gasteiger partial charge on any atom is 0.382 e. The SMILES string of the molecule is C1=CC2([Si]3(c4ccccc4)OCCCO3)CCC1C2. The van der Waals surface area contributed by atoms with Crippen LogP contribution in [-0.2, 0) is 8.85 Å². The van der Waals surface area contributed by atoms with Crippen molar-refractivity contribution in [3.05, 3.63) is 42.5 Å². The van der Waals surface area contributed by atoms with Crippen molar-refractivity contribution in [3.8, 4) is 0 Å². The van der Waals surface area contributed by atoms with Crippen molar-refractivity contribution in [3.63, 3.8) is 0 Å². The highest BCUT2D eigenvalue weighted by atomic mass is 28.4. The third kappa shape index (κ3) is 1.62. The highest BCUT2D eigenvalue weighted by Crippen LogP contribution is 2.60. The lowest BCUT2D eigenvalue weighted by atomic mass is 10.1. The van der Waals surface area contributed by atoms with Crippen molar-refractivity contribution in [2.24, 2.45) is 5.92 Å².